The van der Waals surface area contributed by atoms with E-state index in [9.17, 15) is 9.59 Å². The molecular formula is C14H23NO2. The van der Waals surface area contributed by atoms with E-state index in [0.29, 0.717) is 12.8 Å². The molecule has 0 aromatic carbocycles. The number of hydrogen-bond donors (Lipinski definition) is 1. The number of hydrogen-bond acceptors (Lipinski definition) is 2. The van der Waals surface area contributed by atoms with Crippen molar-refractivity contribution in [2.24, 2.45) is 5.41 Å². The minimum atomic E-state index is -0.0571. The molecule has 3 heteroatoms. The molecule has 0 radical (unpaired) electrons. The van der Waals surface area contributed by atoms with Crippen molar-refractivity contribution in [3.05, 3.63) is 0 Å². The zero-order valence-corrected chi connectivity index (χ0v) is 10.6. The van der Waals surface area contributed by atoms with Gasteiger partial charge in [-0.3, -0.25) is 14.9 Å². The van der Waals surface area contributed by atoms with Crippen LogP contribution in [0, 0.1) is 5.41 Å². The molecule has 2 amide bonds. The molecule has 1 spiro atoms. The SMILES string of the molecule is O=C1CC2(CCCCCCCCC2)CC(=O)N1. The molecule has 1 N–H and O–H groups in total. The number of piperidine rings is 1. The van der Waals surface area contributed by atoms with Crippen LogP contribution in [0.15, 0.2) is 0 Å². The van der Waals surface area contributed by atoms with Crippen LogP contribution in [-0.4, -0.2) is 11.8 Å². The second-order valence-electron chi connectivity index (χ2n) is 5.80. The zero-order valence-electron chi connectivity index (χ0n) is 10.6. The Morgan fingerprint density at radius 3 is 1.59 bits per heavy atom. The van der Waals surface area contributed by atoms with E-state index in [4.69, 9.17) is 0 Å². The molecule has 0 aromatic rings. The van der Waals surface area contributed by atoms with E-state index < -0.39 is 0 Å². The highest BCUT2D eigenvalue weighted by Gasteiger charge is 2.38. The van der Waals surface area contributed by atoms with Crippen LogP contribution in [0.4, 0.5) is 0 Å². The fourth-order valence-corrected chi connectivity index (χ4v) is 3.35. The van der Waals surface area contributed by atoms with E-state index in [1.54, 1.807) is 0 Å². The van der Waals surface area contributed by atoms with Crippen LogP contribution < -0.4 is 5.32 Å². The molecule has 1 saturated heterocycles. The van der Waals surface area contributed by atoms with Gasteiger partial charge < -0.3 is 0 Å². The Bertz CT molecular complexity index is 271. The molecule has 1 saturated carbocycles. The van der Waals surface area contributed by atoms with Gasteiger partial charge in [-0.05, 0) is 18.3 Å². The lowest BCUT2D eigenvalue weighted by Gasteiger charge is -2.36. The number of amides is 2. The molecule has 17 heavy (non-hydrogen) atoms. The Hall–Kier alpha value is -0.860. The number of nitrogens with one attached hydrogen (secondary N) is 1. The van der Waals surface area contributed by atoms with Crippen LogP contribution in [0.5, 0.6) is 0 Å². The molecular weight excluding hydrogens is 214 g/mol. The van der Waals surface area contributed by atoms with Gasteiger partial charge in [0, 0.05) is 12.8 Å². The Labute approximate surface area is 103 Å². The minimum Gasteiger partial charge on any atom is -0.296 e. The van der Waals surface area contributed by atoms with Crippen LogP contribution in [0.3, 0.4) is 0 Å². The largest absolute Gasteiger partial charge is 0.296 e. The molecule has 1 heterocycles. The Kier molecular flexibility index (Phi) is 4.19. The van der Waals surface area contributed by atoms with Gasteiger partial charge in [0.15, 0.2) is 0 Å². The summed E-state index contributed by atoms with van der Waals surface area (Å²) in [5.41, 5.74) is -0.00322. The van der Waals surface area contributed by atoms with Crippen LogP contribution in [0.25, 0.3) is 0 Å². The molecule has 2 aliphatic rings. The smallest absolute Gasteiger partial charge is 0.227 e. The average molecular weight is 237 g/mol. The van der Waals surface area contributed by atoms with Gasteiger partial charge in [-0.1, -0.05) is 44.9 Å². The first-order chi connectivity index (χ1) is 8.20. The number of carbonyl (C=O) groups excluding carboxylic acids is 2. The summed E-state index contributed by atoms with van der Waals surface area (Å²) in [5, 5.41) is 2.44. The number of carbonyl (C=O) groups is 2. The van der Waals surface area contributed by atoms with Crippen molar-refractivity contribution < 1.29 is 9.59 Å². The molecule has 0 bridgehead atoms. The number of imide groups is 1. The van der Waals surface area contributed by atoms with E-state index in [2.05, 4.69) is 5.32 Å². The highest BCUT2D eigenvalue weighted by atomic mass is 16.2. The summed E-state index contributed by atoms with van der Waals surface area (Å²) < 4.78 is 0. The van der Waals surface area contributed by atoms with Gasteiger partial charge >= 0.3 is 0 Å². The van der Waals surface area contributed by atoms with Crippen molar-refractivity contribution in [1.82, 2.24) is 5.32 Å². The van der Waals surface area contributed by atoms with Crippen LogP contribution in [0.1, 0.15) is 70.6 Å². The monoisotopic (exact) mass is 237 g/mol. The van der Waals surface area contributed by atoms with E-state index in [1.807, 2.05) is 0 Å². The molecule has 2 fully saturated rings. The molecule has 96 valence electrons. The third-order valence-electron chi connectivity index (χ3n) is 4.26. The second-order valence-corrected chi connectivity index (χ2v) is 5.80. The molecule has 2 rings (SSSR count). The van der Waals surface area contributed by atoms with E-state index >= 15 is 0 Å². The Balaban J connectivity index is 2.02. The van der Waals surface area contributed by atoms with Crippen molar-refractivity contribution in [2.75, 3.05) is 0 Å². The molecule has 1 aliphatic carbocycles. The predicted octanol–water partition coefficient (Wildman–Crippen LogP) is 2.93. The van der Waals surface area contributed by atoms with Gasteiger partial charge in [-0.25, -0.2) is 0 Å². The quantitative estimate of drug-likeness (QED) is 0.658. The zero-order chi connectivity index (χ0) is 12.1. The standard InChI is InChI=1S/C14H23NO2/c16-12-10-14(11-13(17)15-12)8-6-4-2-1-3-5-7-9-14/h1-11H2,(H,15,16,17). The molecule has 0 aromatic heterocycles. The average Bonchev–Trinajstić information content (AvgIpc) is 2.26. The van der Waals surface area contributed by atoms with Crippen molar-refractivity contribution in [3.63, 3.8) is 0 Å². The first kappa shape index (κ1) is 12.6. The third kappa shape index (κ3) is 3.55. The van der Waals surface area contributed by atoms with Crippen molar-refractivity contribution in [2.45, 2.75) is 70.6 Å². The van der Waals surface area contributed by atoms with Gasteiger partial charge in [-0.15, -0.1) is 0 Å². The predicted molar refractivity (Wildman–Crippen MR) is 66.4 cm³/mol. The second kappa shape index (κ2) is 5.65. The molecule has 0 unspecified atom stereocenters. The van der Waals surface area contributed by atoms with Crippen LogP contribution in [-0.2, 0) is 9.59 Å². The first-order valence-electron chi connectivity index (χ1n) is 7.03. The topological polar surface area (TPSA) is 46.2 Å². The highest BCUT2D eigenvalue weighted by molar-refractivity contribution is 5.98. The van der Waals surface area contributed by atoms with Gasteiger partial charge in [0.05, 0.1) is 0 Å². The van der Waals surface area contributed by atoms with Crippen molar-refractivity contribution in [3.8, 4) is 0 Å². The molecule has 1 aliphatic heterocycles. The van der Waals surface area contributed by atoms with E-state index in [0.717, 1.165) is 12.8 Å². The Morgan fingerprint density at radius 1 is 0.706 bits per heavy atom. The summed E-state index contributed by atoms with van der Waals surface area (Å²) >= 11 is 0. The lowest BCUT2D eigenvalue weighted by Crippen LogP contribution is -2.44. The van der Waals surface area contributed by atoms with Crippen LogP contribution in [0.2, 0.25) is 0 Å². The van der Waals surface area contributed by atoms with E-state index in [1.165, 1.54) is 44.9 Å². The highest BCUT2D eigenvalue weighted by Crippen LogP contribution is 2.41. The summed E-state index contributed by atoms with van der Waals surface area (Å²) in [6, 6.07) is 0. The molecule has 0 atom stereocenters. The third-order valence-corrected chi connectivity index (χ3v) is 4.26. The Morgan fingerprint density at radius 2 is 1.12 bits per heavy atom. The summed E-state index contributed by atoms with van der Waals surface area (Å²) in [6.07, 6.45) is 12.1. The van der Waals surface area contributed by atoms with Gasteiger partial charge in [-0.2, -0.15) is 0 Å². The number of rotatable bonds is 0. The fourth-order valence-electron chi connectivity index (χ4n) is 3.35. The van der Waals surface area contributed by atoms with Crippen molar-refractivity contribution in [1.29, 1.82) is 0 Å². The summed E-state index contributed by atoms with van der Waals surface area (Å²) in [7, 11) is 0. The minimum absolute atomic E-state index is 0.00322. The van der Waals surface area contributed by atoms with Gasteiger partial charge in [0.25, 0.3) is 0 Å². The van der Waals surface area contributed by atoms with Crippen LogP contribution >= 0.6 is 0 Å². The van der Waals surface area contributed by atoms with Gasteiger partial charge in [0.1, 0.15) is 0 Å². The first-order valence-corrected chi connectivity index (χ1v) is 7.03. The van der Waals surface area contributed by atoms with Gasteiger partial charge in [0.2, 0.25) is 11.8 Å². The maximum absolute atomic E-state index is 11.6. The normalized spacial score (nSPS) is 26.6. The summed E-state index contributed by atoms with van der Waals surface area (Å²) in [5.74, 6) is -0.114. The fraction of sp³-hybridized carbons (Fsp3) is 0.857. The summed E-state index contributed by atoms with van der Waals surface area (Å²) in [6.45, 7) is 0. The lowest BCUT2D eigenvalue weighted by molar-refractivity contribution is -0.138. The molecule has 3 nitrogen and oxygen atoms in total. The van der Waals surface area contributed by atoms with Crippen molar-refractivity contribution >= 4 is 11.8 Å². The summed E-state index contributed by atoms with van der Waals surface area (Å²) in [4.78, 5) is 23.1. The van der Waals surface area contributed by atoms with E-state index in [-0.39, 0.29) is 17.2 Å². The maximum Gasteiger partial charge on any atom is 0.227 e. The maximum atomic E-state index is 11.6. The lowest BCUT2D eigenvalue weighted by atomic mass is 9.70.